The number of aromatic nitrogens is 2. The summed E-state index contributed by atoms with van der Waals surface area (Å²) >= 11 is 0. The molecule has 0 unspecified atom stereocenters. The molecule has 23 heavy (non-hydrogen) atoms. The van der Waals surface area contributed by atoms with E-state index in [1.807, 2.05) is 0 Å². The summed E-state index contributed by atoms with van der Waals surface area (Å²) in [6, 6.07) is 9.15. The van der Waals surface area contributed by atoms with Crippen LogP contribution in [0.3, 0.4) is 0 Å². The molecule has 0 saturated carbocycles. The van der Waals surface area contributed by atoms with Gasteiger partial charge in [-0.15, -0.1) is 0 Å². The van der Waals surface area contributed by atoms with E-state index >= 15 is 0 Å². The van der Waals surface area contributed by atoms with E-state index < -0.39 is 16.0 Å². The number of hydrogen-bond acceptors (Lipinski definition) is 5. The largest absolute Gasteiger partial charge is 0.476 e. The van der Waals surface area contributed by atoms with E-state index in [9.17, 15) is 13.2 Å². The molecule has 0 spiro atoms. The summed E-state index contributed by atoms with van der Waals surface area (Å²) in [5.74, 6) is -1.17. The van der Waals surface area contributed by atoms with Gasteiger partial charge in [-0.05, 0) is 24.3 Å². The number of aromatic carboxylic acids is 1. The van der Waals surface area contributed by atoms with Crippen molar-refractivity contribution >= 4 is 21.7 Å². The van der Waals surface area contributed by atoms with Gasteiger partial charge < -0.3 is 9.52 Å². The second-order valence-corrected chi connectivity index (χ2v) is 6.21. The second kappa shape index (κ2) is 5.61. The Kier molecular flexibility index (Phi) is 3.62. The highest BCUT2D eigenvalue weighted by atomic mass is 32.2. The average molecular weight is 333 g/mol. The summed E-state index contributed by atoms with van der Waals surface area (Å²) in [6.07, 6.45) is 3.81. The quantitative estimate of drug-likeness (QED) is 0.737. The number of nitrogens with one attached hydrogen (secondary N) is 1. The van der Waals surface area contributed by atoms with Gasteiger partial charge in [0.25, 0.3) is 10.0 Å². The molecule has 0 aliphatic rings. The molecule has 9 heteroatoms. The Labute approximate surface area is 131 Å². The van der Waals surface area contributed by atoms with Crippen molar-refractivity contribution in [3.63, 3.8) is 0 Å². The SMILES string of the molecule is O=C(O)c1ccn(-c2ccccc2NS(=O)(=O)c2ccoc2)n1. The summed E-state index contributed by atoms with van der Waals surface area (Å²) in [7, 11) is -3.81. The number of sulfonamides is 1. The van der Waals surface area contributed by atoms with Crippen LogP contribution in [0.2, 0.25) is 0 Å². The lowest BCUT2D eigenvalue weighted by Crippen LogP contribution is -2.14. The third-order valence-corrected chi connectivity index (χ3v) is 4.35. The zero-order valence-electron chi connectivity index (χ0n) is 11.6. The fourth-order valence-corrected chi connectivity index (χ4v) is 2.94. The minimum Gasteiger partial charge on any atom is -0.476 e. The Morgan fingerprint density at radius 1 is 1.22 bits per heavy atom. The highest BCUT2D eigenvalue weighted by Crippen LogP contribution is 2.23. The zero-order valence-corrected chi connectivity index (χ0v) is 12.4. The maximum atomic E-state index is 12.3. The molecule has 0 amide bonds. The highest BCUT2D eigenvalue weighted by molar-refractivity contribution is 7.92. The van der Waals surface area contributed by atoms with Crippen molar-refractivity contribution in [3.8, 4) is 5.69 Å². The smallest absolute Gasteiger partial charge is 0.356 e. The topological polar surface area (TPSA) is 114 Å². The van der Waals surface area contributed by atoms with Gasteiger partial charge in [0.1, 0.15) is 11.2 Å². The number of para-hydroxylation sites is 2. The fraction of sp³-hybridized carbons (Fsp3) is 0. The predicted molar refractivity (Wildman–Crippen MR) is 80.0 cm³/mol. The third kappa shape index (κ3) is 2.94. The van der Waals surface area contributed by atoms with E-state index in [0.717, 1.165) is 6.26 Å². The normalized spacial score (nSPS) is 11.3. The van der Waals surface area contributed by atoms with Crippen molar-refractivity contribution in [2.24, 2.45) is 0 Å². The van der Waals surface area contributed by atoms with E-state index in [-0.39, 0.29) is 16.3 Å². The molecule has 2 aromatic heterocycles. The fourth-order valence-electron chi connectivity index (χ4n) is 1.94. The second-order valence-electron chi connectivity index (χ2n) is 4.53. The van der Waals surface area contributed by atoms with Crippen LogP contribution in [0, 0.1) is 0 Å². The molecular weight excluding hydrogens is 322 g/mol. The molecule has 2 heterocycles. The van der Waals surface area contributed by atoms with Crippen LogP contribution in [-0.2, 0) is 10.0 Å². The first-order valence-corrected chi connectivity index (χ1v) is 7.89. The van der Waals surface area contributed by atoms with Gasteiger partial charge in [-0.3, -0.25) is 4.72 Å². The molecule has 0 atom stereocenters. The van der Waals surface area contributed by atoms with Crippen LogP contribution >= 0.6 is 0 Å². The maximum Gasteiger partial charge on any atom is 0.356 e. The predicted octanol–water partition coefficient (Wildman–Crippen LogP) is 1.96. The Balaban J connectivity index is 2.00. The summed E-state index contributed by atoms with van der Waals surface area (Å²) in [4.78, 5) is 10.9. The molecule has 3 rings (SSSR count). The zero-order chi connectivity index (χ0) is 16.4. The van der Waals surface area contributed by atoms with Crippen LogP contribution in [0.4, 0.5) is 5.69 Å². The van der Waals surface area contributed by atoms with Crippen molar-refractivity contribution in [1.29, 1.82) is 0 Å². The number of rotatable bonds is 5. The molecule has 0 aliphatic heterocycles. The lowest BCUT2D eigenvalue weighted by atomic mass is 10.3. The molecular formula is C14H11N3O5S. The molecule has 3 aromatic rings. The molecule has 0 aliphatic carbocycles. The molecule has 8 nitrogen and oxygen atoms in total. The first kappa shape index (κ1) is 14.9. The van der Waals surface area contributed by atoms with Gasteiger partial charge in [0.05, 0.1) is 17.6 Å². The molecule has 118 valence electrons. The van der Waals surface area contributed by atoms with Gasteiger partial charge in [0, 0.05) is 6.20 Å². The van der Waals surface area contributed by atoms with Crippen LogP contribution < -0.4 is 4.72 Å². The van der Waals surface area contributed by atoms with Crippen molar-refractivity contribution in [1.82, 2.24) is 9.78 Å². The van der Waals surface area contributed by atoms with E-state index in [1.54, 1.807) is 24.3 Å². The number of furan rings is 1. The minimum absolute atomic E-state index is 0.0148. The molecule has 1 aromatic carbocycles. The number of benzene rings is 1. The van der Waals surface area contributed by atoms with E-state index in [1.165, 1.54) is 29.3 Å². The van der Waals surface area contributed by atoms with Crippen LogP contribution in [0.15, 0.2) is 64.4 Å². The molecule has 0 saturated heterocycles. The minimum atomic E-state index is -3.81. The lowest BCUT2D eigenvalue weighted by molar-refractivity contribution is 0.0690. The van der Waals surface area contributed by atoms with Gasteiger partial charge in [0.15, 0.2) is 5.69 Å². The van der Waals surface area contributed by atoms with Crippen molar-refractivity contribution in [3.05, 3.63) is 60.8 Å². The maximum absolute atomic E-state index is 12.3. The number of anilines is 1. The number of carboxylic acid groups (broad SMARTS) is 1. The molecule has 2 N–H and O–H groups in total. The van der Waals surface area contributed by atoms with Crippen molar-refractivity contribution < 1.29 is 22.7 Å². The van der Waals surface area contributed by atoms with E-state index in [0.29, 0.717) is 5.69 Å². The lowest BCUT2D eigenvalue weighted by Gasteiger charge is -2.11. The van der Waals surface area contributed by atoms with Crippen LogP contribution in [0.1, 0.15) is 10.5 Å². The van der Waals surface area contributed by atoms with Crippen molar-refractivity contribution in [2.45, 2.75) is 4.90 Å². The van der Waals surface area contributed by atoms with Crippen molar-refractivity contribution in [2.75, 3.05) is 4.72 Å². The van der Waals surface area contributed by atoms with Gasteiger partial charge in [0.2, 0.25) is 0 Å². The first-order chi connectivity index (χ1) is 11.0. The van der Waals surface area contributed by atoms with Crippen LogP contribution in [0.25, 0.3) is 5.69 Å². The average Bonchev–Trinajstić information content (AvgIpc) is 3.19. The summed E-state index contributed by atoms with van der Waals surface area (Å²) in [5, 5.41) is 12.8. The Morgan fingerprint density at radius 3 is 2.65 bits per heavy atom. The molecule has 0 bridgehead atoms. The third-order valence-electron chi connectivity index (χ3n) is 3.01. The van der Waals surface area contributed by atoms with Gasteiger partial charge in [-0.25, -0.2) is 17.9 Å². The monoisotopic (exact) mass is 333 g/mol. The van der Waals surface area contributed by atoms with E-state index in [2.05, 4.69) is 9.82 Å². The highest BCUT2D eigenvalue weighted by Gasteiger charge is 2.18. The standard InChI is InChI=1S/C14H11N3O5S/c18-14(19)12-5-7-17(15-12)13-4-2-1-3-11(13)16-23(20,21)10-6-8-22-9-10/h1-9,16H,(H,18,19). The Hall–Kier alpha value is -3.07. The van der Waals surface area contributed by atoms with Crippen LogP contribution in [-0.4, -0.2) is 29.3 Å². The number of hydrogen-bond donors (Lipinski definition) is 2. The van der Waals surface area contributed by atoms with Gasteiger partial charge in [-0.1, -0.05) is 12.1 Å². The first-order valence-electron chi connectivity index (χ1n) is 6.41. The summed E-state index contributed by atoms with van der Waals surface area (Å²) in [6.45, 7) is 0. The molecule has 0 fully saturated rings. The molecule has 0 radical (unpaired) electrons. The Bertz CT molecular complexity index is 944. The number of nitrogens with zero attached hydrogens (tertiary/aromatic N) is 2. The number of carboxylic acids is 1. The van der Waals surface area contributed by atoms with Crippen LogP contribution in [0.5, 0.6) is 0 Å². The summed E-state index contributed by atoms with van der Waals surface area (Å²) < 4.78 is 33.0. The summed E-state index contributed by atoms with van der Waals surface area (Å²) in [5.41, 5.74) is 0.512. The number of carbonyl (C=O) groups is 1. The van der Waals surface area contributed by atoms with Gasteiger partial charge in [-0.2, -0.15) is 5.10 Å². The van der Waals surface area contributed by atoms with Gasteiger partial charge >= 0.3 is 5.97 Å². The Morgan fingerprint density at radius 2 is 2.00 bits per heavy atom. The van der Waals surface area contributed by atoms with E-state index in [4.69, 9.17) is 9.52 Å².